The van der Waals surface area contributed by atoms with E-state index in [-0.39, 0.29) is 11.5 Å². The van der Waals surface area contributed by atoms with Crippen LogP contribution in [0.2, 0.25) is 0 Å². The van der Waals surface area contributed by atoms with E-state index in [1.807, 2.05) is 48.5 Å². The lowest BCUT2D eigenvalue weighted by molar-refractivity contribution is -0.115. The van der Waals surface area contributed by atoms with E-state index in [9.17, 15) is 9.59 Å². The summed E-state index contributed by atoms with van der Waals surface area (Å²) in [6.07, 6.45) is 3.04. The molecule has 168 valence electrons. The third-order valence-corrected chi connectivity index (χ3v) is 8.29. The summed E-state index contributed by atoms with van der Waals surface area (Å²) in [7, 11) is 3.32. The van der Waals surface area contributed by atoms with Gasteiger partial charge in [0.25, 0.3) is 5.56 Å². The summed E-state index contributed by atoms with van der Waals surface area (Å²) in [5.74, 6) is 0.472. The van der Waals surface area contributed by atoms with Crippen molar-refractivity contribution in [3.8, 4) is 5.75 Å². The highest BCUT2D eigenvalue weighted by Gasteiger charge is 2.27. The number of thiophene rings is 1. The zero-order valence-corrected chi connectivity index (χ0v) is 20.0. The Kier molecular flexibility index (Phi) is 5.95. The lowest BCUT2D eigenvalue weighted by Gasteiger charge is -2.18. The number of methoxy groups -OCH3 is 1. The third kappa shape index (κ3) is 4.16. The molecule has 6 nitrogen and oxygen atoms in total. The van der Waals surface area contributed by atoms with Crippen molar-refractivity contribution in [2.75, 3.05) is 12.4 Å². The fraction of sp³-hybridized carbons (Fsp3) is 0.240. The summed E-state index contributed by atoms with van der Waals surface area (Å²) in [4.78, 5) is 33.5. The fourth-order valence-corrected chi connectivity index (χ4v) is 6.49. The van der Waals surface area contributed by atoms with Crippen LogP contribution in [0.15, 0.2) is 64.5 Å². The van der Waals surface area contributed by atoms with Crippen LogP contribution in [-0.2, 0) is 24.7 Å². The maximum absolute atomic E-state index is 13.4. The second-order valence-corrected chi connectivity index (χ2v) is 10.1. The molecule has 0 radical (unpaired) electrons. The van der Waals surface area contributed by atoms with Crippen LogP contribution in [0.5, 0.6) is 5.75 Å². The van der Waals surface area contributed by atoms with Crippen molar-refractivity contribution in [3.05, 3.63) is 81.0 Å². The highest BCUT2D eigenvalue weighted by molar-refractivity contribution is 8.00. The van der Waals surface area contributed by atoms with E-state index in [1.54, 1.807) is 36.1 Å². The second kappa shape index (κ2) is 9.03. The van der Waals surface area contributed by atoms with Crippen LogP contribution in [0.4, 0.5) is 5.69 Å². The van der Waals surface area contributed by atoms with Gasteiger partial charge in [0.15, 0.2) is 5.16 Å². The molecule has 0 saturated heterocycles. The number of aromatic nitrogens is 2. The first-order valence-electron chi connectivity index (χ1n) is 10.7. The van der Waals surface area contributed by atoms with Gasteiger partial charge in [-0.2, -0.15) is 0 Å². The van der Waals surface area contributed by atoms with Gasteiger partial charge in [0.2, 0.25) is 5.91 Å². The van der Waals surface area contributed by atoms with E-state index in [0.717, 1.165) is 40.6 Å². The number of fused-ring (bicyclic) bond motifs is 3. The average Bonchev–Trinajstić information content (AvgIpc) is 3.42. The summed E-state index contributed by atoms with van der Waals surface area (Å²) in [5, 5.41) is 3.68. The highest BCUT2D eigenvalue weighted by Crippen LogP contribution is 2.39. The van der Waals surface area contributed by atoms with Crippen molar-refractivity contribution in [1.82, 2.24) is 9.55 Å². The van der Waals surface area contributed by atoms with Crippen LogP contribution >= 0.6 is 23.1 Å². The Hall–Kier alpha value is -3.10. The van der Waals surface area contributed by atoms with Gasteiger partial charge in [0, 0.05) is 23.7 Å². The molecule has 0 saturated carbocycles. The minimum atomic E-state index is -0.584. The Balaban J connectivity index is 1.51. The van der Waals surface area contributed by atoms with Gasteiger partial charge in [-0.15, -0.1) is 11.3 Å². The molecule has 33 heavy (non-hydrogen) atoms. The number of carbonyl (C=O) groups is 1. The number of nitrogens with zero attached hydrogens (tertiary/aromatic N) is 2. The van der Waals surface area contributed by atoms with Gasteiger partial charge in [-0.3, -0.25) is 14.2 Å². The van der Waals surface area contributed by atoms with Crippen molar-refractivity contribution in [2.24, 2.45) is 7.05 Å². The Morgan fingerprint density at radius 1 is 1.18 bits per heavy atom. The summed E-state index contributed by atoms with van der Waals surface area (Å²) >= 11 is 2.90. The number of hydrogen-bond donors (Lipinski definition) is 1. The predicted octanol–water partition coefficient (Wildman–Crippen LogP) is 4.96. The molecular formula is C25H23N3O3S2. The standard InChI is InChI=1S/C25H23N3O3S2/c1-28-24(30)20-18-12-7-13-19(18)32-23(20)27-25(28)33-21(15-8-4-3-5-9-15)22(29)26-16-10-6-11-17(14-16)31-2/h3-6,8-11,14,21H,7,12-13H2,1-2H3,(H,26,29). The lowest BCUT2D eigenvalue weighted by atomic mass is 10.1. The number of ether oxygens (including phenoxy) is 1. The molecule has 8 heteroatoms. The molecular weight excluding hydrogens is 454 g/mol. The van der Waals surface area contributed by atoms with E-state index in [4.69, 9.17) is 9.72 Å². The largest absolute Gasteiger partial charge is 0.497 e. The van der Waals surface area contributed by atoms with Crippen molar-refractivity contribution in [2.45, 2.75) is 29.7 Å². The Labute approximate surface area is 199 Å². The van der Waals surface area contributed by atoms with Crippen molar-refractivity contribution < 1.29 is 9.53 Å². The van der Waals surface area contributed by atoms with Gasteiger partial charge in [0.05, 0.1) is 12.5 Å². The van der Waals surface area contributed by atoms with Crippen LogP contribution in [0.1, 0.15) is 27.7 Å². The summed E-state index contributed by atoms with van der Waals surface area (Å²) in [5.41, 5.74) is 2.61. The molecule has 2 heterocycles. The highest BCUT2D eigenvalue weighted by atomic mass is 32.2. The molecule has 1 aliphatic rings. The number of anilines is 1. The second-order valence-electron chi connectivity index (χ2n) is 7.93. The van der Waals surface area contributed by atoms with Crippen molar-refractivity contribution in [3.63, 3.8) is 0 Å². The van der Waals surface area contributed by atoms with Crippen LogP contribution < -0.4 is 15.6 Å². The molecule has 2 aromatic heterocycles. The number of amides is 1. The molecule has 1 amide bonds. The first-order chi connectivity index (χ1) is 16.0. The predicted molar refractivity (Wildman–Crippen MR) is 134 cm³/mol. The van der Waals surface area contributed by atoms with E-state index in [1.165, 1.54) is 16.6 Å². The van der Waals surface area contributed by atoms with E-state index >= 15 is 0 Å². The quantitative estimate of drug-likeness (QED) is 0.314. The topological polar surface area (TPSA) is 73.2 Å². The zero-order valence-electron chi connectivity index (χ0n) is 18.3. The minimum absolute atomic E-state index is 0.0399. The maximum Gasteiger partial charge on any atom is 0.262 e. The molecule has 4 aromatic rings. The average molecular weight is 478 g/mol. The fourth-order valence-electron chi connectivity index (χ4n) is 4.13. The Bertz CT molecular complexity index is 1400. The molecule has 0 bridgehead atoms. The Morgan fingerprint density at radius 3 is 2.79 bits per heavy atom. The molecule has 1 unspecified atom stereocenters. The first-order valence-corrected chi connectivity index (χ1v) is 12.4. The SMILES string of the molecule is COc1cccc(NC(=O)C(Sc2nc3sc4c(c3c(=O)n2C)CCC4)c2ccccc2)c1. The monoisotopic (exact) mass is 477 g/mol. The van der Waals surface area contributed by atoms with Crippen LogP contribution in [0.3, 0.4) is 0 Å². The molecule has 5 rings (SSSR count). The number of thioether (sulfide) groups is 1. The molecule has 1 aliphatic carbocycles. The van der Waals surface area contributed by atoms with Crippen molar-refractivity contribution >= 4 is 44.9 Å². The first kappa shape index (κ1) is 21.7. The van der Waals surface area contributed by atoms with Gasteiger partial charge in [-0.1, -0.05) is 48.2 Å². The third-order valence-electron chi connectivity index (χ3n) is 5.81. The maximum atomic E-state index is 13.4. The molecule has 0 aliphatic heterocycles. The van der Waals surface area contributed by atoms with Crippen molar-refractivity contribution in [1.29, 1.82) is 0 Å². The van der Waals surface area contributed by atoms with Crippen LogP contribution in [0.25, 0.3) is 10.2 Å². The normalized spacial score (nSPS) is 13.6. The number of carbonyl (C=O) groups excluding carboxylic acids is 1. The van der Waals surface area contributed by atoms with Gasteiger partial charge in [-0.05, 0) is 42.5 Å². The van der Waals surface area contributed by atoms with Gasteiger partial charge >= 0.3 is 0 Å². The number of hydrogen-bond acceptors (Lipinski definition) is 6. The van der Waals surface area contributed by atoms with E-state index in [0.29, 0.717) is 16.6 Å². The lowest BCUT2D eigenvalue weighted by Crippen LogP contribution is -2.23. The zero-order chi connectivity index (χ0) is 22.9. The summed E-state index contributed by atoms with van der Waals surface area (Å²) < 4.78 is 6.85. The molecule has 1 N–H and O–H groups in total. The smallest absolute Gasteiger partial charge is 0.262 e. The van der Waals surface area contributed by atoms with Gasteiger partial charge in [-0.25, -0.2) is 4.98 Å². The minimum Gasteiger partial charge on any atom is -0.497 e. The molecule has 0 spiro atoms. The number of rotatable bonds is 6. The van der Waals surface area contributed by atoms with Gasteiger partial charge < -0.3 is 10.1 Å². The van der Waals surface area contributed by atoms with Gasteiger partial charge in [0.1, 0.15) is 15.8 Å². The number of benzene rings is 2. The van der Waals surface area contributed by atoms with Crippen LogP contribution in [0, 0.1) is 0 Å². The molecule has 1 atom stereocenters. The summed E-state index contributed by atoms with van der Waals surface area (Å²) in [6.45, 7) is 0. The number of nitrogens with one attached hydrogen (secondary N) is 1. The molecule has 2 aromatic carbocycles. The Morgan fingerprint density at radius 2 is 2.00 bits per heavy atom. The number of aryl methyl sites for hydroxylation is 2. The summed E-state index contributed by atoms with van der Waals surface area (Å²) in [6, 6.07) is 16.8. The van der Waals surface area contributed by atoms with Crippen LogP contribution in [-0.4, -0.2) is 22.6 Å². The molecule has 0 fully saturated rings. The van der Waals surface area contributed by atoms with E-state index in [2.05, 4.69) is 5.32 Å². The van der Waals surface area contributed by atoms with E-state index < -0.39 is 5.25 Å².